The molecule has 0 heterocycles. The average Bonchev–Trinajstić information content (AvgIpc) is 2.45. The normalized spacial score (nSPS) is 20.2. The van der Waals surface area contributed by atoms with Gasteiger partial charge < -0.3 is 10.4 Å². The molecule has 3 unspecified atom stereocenters. The van der Waals surface area contributed by atoms with Gasteiger partial charge in [-0.05, 0) is 50.2 Å². The first-order valence-corrected chi connectivity index (χ1v) is 7.56. The molecule has 0 aliphatic heterocycles. The summed E-state index contributed by atoms with van der Waals surface area (Å²) in [7, 11) is 0. The SMILES string of the molecule is CC(NC(=O)CC1CCc2ccccc2C1)C(C)C(=O)O. The van der Waals surface area contributed by atoms with Gasteiger partial charge in [-0.15, -0.1) is 0 Å². The molecular formula is C17H23NO3. The van der Waals surface area contributed by atoms with Gasteiger partial charge in [-0.1, -0.05) is 24.3 Å². The highest BCUT2D eigenvalue weighted by Gasteiger charge is 2.24. The molecule has 21 heavy (non-hydrogen) atoms. The molecule has 0 radical (unpaired) electrons. The lowest BCUT2D eigenvalue weighted by Crippen LogP contribution is -2.40. The van der Waals surface area contributed by atoms with E-state index in [-0.39, 0.29) is 11.9 Å². The van der Waals surface area contributed by atoms with E-state index >= 15 is 0 Å². The third-order valence-electron chi connectivity index (χ3n) is 4.45. The molecule has 1 aliphatic rings. The summed E-state index contributed by atoms with van der Waals surface area (Å²) in [5, 5.41) is 11.8. The number of aryl methyl sites for hydroxylation is 1. The van der Waals surface area contributed by atoms with Crippen LogP contribution in [-0.4, -0.2) is 23.0 Å². The van der Waals surface area contributed by atoms with E-state index in [4.69, 9.17) is 5.11 Å². The molecule has 0 bridgehead atoms. The average molecular weight is 289 g/mol. The van der Waals surface area contributed by atoms with Crippen LogP contribution in [0.4, 0.5) is 0 Å². The first-order valence-electron chi connectivity index (χ1n) is 7.56. The van der Waals surface area contributed by atoms with Gasteiger partial charge in [0.25, 0.3) is 0 Å². The number of rotatable bonds is 5. The number of aliphatic carboxylic acids is 1. The van der Waals surface area contributed by atoms with Gasteiger partial charge in [0.1, 0.15) is 0 Å². The topological polar surface area (TPSA) is 66.4 Å². The fraction of sp³-hybridized carbons (Fsp3) is 0.529. The van der Waals surface area contributed by atoms with Gasteiger partial charge in [0, 0.05) is 12.5 Å². The molecule has 3 atom stereocenters. The van der Waals surface area contributed by atoms with Crippen molar-refractivity contribution in [2.45, 2.75) is 45.6 Å². The molecular weight excluding hydrogens is 266 g/mol. The minimum absolute atomic E-state index is 0.0417. The summed E-state index contributed by atoms with van der Waals surface area (Å²) in [5.74, 6) is -1.14. The van der Waals surface area contributed by atoms with E-state index in [9.17, 15) is 9.59 Å². The van der Waals surface area contributed by atoms with Crippen LogP contribution < -0.4 is 5.32 Å². The number of nitrogens with one attached hydrogen (secondary N) is 1. The number of carbonyl (C=O) groups excluding carboxylic acids is 1. The van der Waals surface area contributed by atoms with Crippen LogP contribution in [0.1, 0.15) is 37.8 Å². The second kappa shape index (κ2) is 6.74. The molecule has 0 fully saturated rings. The third-order valence-corrected chi connectivity index (χ3v) is 4.45. The summed E-state index contributed by atoms with van der Waals surface area (Å²) >= 11 is 0. The summed E-state index contributed by atoms with van der Waals surface area (Å²) in [5.41, 5.74) is 2.73. The van der Waals surface area contributed by atoms with Crippen molar-refractivity contribution in [2.24, 2.45) is 11.8 Å². The second-order valence-corrected chi connectivity index (χ2v) is 6.06. The number of hydrogen-bond donors (Lipinski definition) is 2. The van der Waals surface area contributed by atoms with E-state index in [2.05, 4.69) is 23.5 Å². The molecule has 1 aromatic carbocycles. The molecule has 0 saturated heterocycles. The molecule has 1 aliphatic carbocycles. The molecule has 0 spiro atoms. The first kappa shape index (κ1) is 15.5. The molecule has 4 heteroatoms. The number of amides is 1. The maximum atomic E-state index is 12.1. The minimum Gasteiger partial charge on any atom is -0.481 e. The van der Waals surface area contributed by atoms with Crippen molar-refractivity contribution in [3.63, 3.8) is 0 Å². The Bertz CT molecular complexity index is 527. The van der Waals surface area contributed by atoms with Crippen LogP contribution in [0.2, 0.25) is 0 Å². The van der Waals surface area contributed by atoms with Crippen LogP contribution in [0.5, 0.6) is 0 Å². The van der Waals surface area contributed by atoms with Gasteiger partial charge in [-0.25, -0.2) is 0 Å². The van der Waals surface area contributed by atoms with Crippen molar-refractivity contribution >= 4 is 11.9 Å². The summed E-state index contributed by atoms with van der Waals surface area (Å²) in [6.07, 6.45) is 3.46. The zero-order valence-electron chi connectivity index (χ0n) is 12.6. The maximum absolute atomic E-state index is 12.1. The summed E-state index contributed by atoms with van der Waals surface area (Å²) in [6.45, 7) is 3.36. The van der Waals surface area contributed by atoms with E-state index in [0.29, 0.717) is 12.3 Å². The van der Waals surface area contributed by atoms with E-state index in [1.165, 1.54) is 11.1 Å². The van der Waals surface area contributed by atoms with Crippen molar-refractivity contribution in [2.75, 3.05) is 0 Å². The monoisotopic (exact) mass is 289 g/mol. The van der Waals surface area contributed by atoms with Gasteiger partial charge in [0.05, 0.1) is 5.92 Å². The predicted octanol–water partition coefficient (Wildman–Crippen LogP) is 2.41. The van der Waals surface area contributed by atoms with Crippen LogP contribution in [0.15, 0.2) is 24.3 Å². The Balaban J connectivity index is 1.86. The van der Waals surface area contributed by atoms with Crippen molar-refractivity contribution in [3.05, 3.63) is 35.4 Å². The summed E-state index contributed by atoms with van der Waals surface area (Å²) in [6, 6.07) is 8.04. The lowest BCUT2D eigenvalue weighted by atomic mass is 9.82. The Morgan fingerprint density at radius 3 is 2.62 bits per heavy atom. The van der Waals surface area contributed by atoms with Gasteiger partial charge in [0.2, 0.25) is 5.91 Å². The molecule has 0 saturated carbocycles. The second-order valence-electron chi connectivity index (χ2n) is 6.06. The lowest BCUT2D eigenvalue weighted by molar-refractivity contribution is -0.142. The summed E-state index contributed by atoms with van der Waals surface area (Å²) < 4.78 is 0. The zero-order valence-corrected chi connectivity index (χ0v) is 12.6. The van der Waals surface area contributed by atoms with Crippen molar-refractivity contribution in [1.82, 2.24) is 5.32 Å². The van der Waals surface area contributed by atoms with Gasteiger partial charge in [-0.3, -0.25) is 9.59 Å². The fourth-order valence-electron chi connectivity index (χ4n) is 2.86. The standard InChI is InChI=1S/C17H23NO3/c1-11(17(20)21)12(2)18-16(19)10-13-7-8-14-5-3-4-6-15(14)9-13/h3-6,11-13H,7-10H2,1-2H3,(H,18,19)(H,20,21). The van der Waals surface area contributed by atoms with Gasteiger partial charge in [0.15, 0.2) is 0 Å². The molecule has 0 aromatic heterocycles. The molecule has 4 nitrogen and oxygen atoms in total. The number of carboxylic acid groups (broad SMARTS) is 1. The van der Waals surface area contributed by atoms with Crippen molar-refractivity contribution in [1.29, 1.82) is 0 Å². The highest BCUT2D eigenvalue weighted by molar-refractivity contribution is 5.78. The Morgan fingerprint density at radius 2 is 1.95 bits per heavy atom. The molecule has 2 rings (SSSR count). The number of fused-ring (bicyclic) bond motifs is 1. The quantitative estimate of drug-likeness (QED) is 0.874. The van der Waals surface area contributed by atoms with Crippen LogP contribution in [0.3, 0.4) is 0 Å². The lowest BCUT2D eigenvalue weighted by Gasteiger charge is -2.25. The summed E-state index contributed by atoms with van der Waals surface area (Å²) in [4.78, 5) is 23.0. The Morgan fingerprint density at radius 1 is 1.29 bits per heavy atom. The Labute approximate surface area is 125 Å². The van der Waals surface area contributed by atoms with Gasteiger partial charge in [-0.2, -0.15) is 0 Å². The van der Waals surface area contributed by atoms with Crippen LogP contribution in [-0.2, 0) is 22.4 Å². The van der Waals surface area contributed by atoms with E-state index < -0.39 is 11.9 Å². The predicted molar refractivity (Wildman–Crippen MR) is 81.0 cm³/mol. The Hall–Kier alpha value is -1.84. The molecule has 1 aromatic rings. The number of carbonyl (C=O) groups is 2. The zero-order chi connectivity index (χ0) is 15.4. The van der Waals surface area contributed by atoms with E-state index in [0.717, 1.165) is 19.3 Å². The number of benzene rings is 1. The number of hydrogen-bond acceptors (Lipinski definition) is 2. The third kappa shape index (κ3) is 4.06. The molecule has 2 N–H and O–H groups in total. The Kier molecular flexibility index (Phi) is 4.99. The van der Waals surface area contributed by atoms with Crippen molar-refractivity contribution in [3.8, 4) is 0 Å². The van der Waals surface area contributed by atoms with Gasteiger partial charge >= 0.3 is 5.97 Å². The smallest absolute Gasteiger partial charge is 0.308 e. The van der Waals surface area contributed by atoms with E-state index in [1.807, 2.05) is 6.07 Å². The maximum Gasteiger partial charge on any atom is 0.308 e. The first-order chi connectivity index (χ1) is 9.97. The largest absolute Gasteiger partial charge is 0.481 e. The van der Waals surface area contributed by atoms with Crippen LogP contribution in [0.25, 0.3) is 0 Å². The highest BCUT2D eigenvalue weighted by Crippen LogP contribution is 2.27. The fourth-order valence-corrected chi connectivity index (χ4v) is 2.86. The van der Waals surface area contributed by atoms with Crippen LogP contribution in [0, 0.1) is 11.8 Å². The minimum atomic E-state index is -0.880. The van der Waals surface area contributed by atoms with Crippen molar-refractivity contribution < 1.29 is 14.7 Å². The van der Waals surface area contributed by atoms with E-state index in [1.54, 1.807) is 13.8 Å². The van der Waals surface area contributed by atoms with Crippen LogP contribution >= 0.6 is 0 Å². The highest BCUT2D eigenvalue weighted by atomic mass is 16.4. The molecule has 1 amide bonds. The molecule has 114 valence electrons. The number of carboxylic acids is 1.